The predicted molar refractivity (Wildman–Crippen MR) is 106 cm³/mol. The largest absolute Gasteiger partial charge is 0.497 e. The molecule has 0 unspecified atom stereocenters. The fourth-order valence-electron chi connectivity index (χ4n) is 3.14. The number of halogens is 1. The molecule has 0 atom stereocenters. The Morgan fingerprint density at radius 2 is 1.64 bits per heavy atom. The van der Waals surface area contributed by atoms with Gasteiger partial charge in [-0.1, -0.05) is 6.07 Å². The molecule has 1 aromatic heterocycles. The fraction of sp³-hybridized carbons (Fsp3) is 0.238. The van der Waals surface area contributed by atoms with Gasteiger partial charge in [-0.25, -0.2) is 9.37 Å². The van der Waals surface area contributed by atoms with E-state index in [2.05, 4.69) is 25.8 Å². The summed E-state index contributed by atoms with van der Waals surface area (Å²) < 4.78 is 24.1. The van der Waals surface area contributed by atoms with Crippen LogP contribution in [0.1, 0.15) is 0 Å². The first-order valence-electron chi connectivity index (χ1n) is 9.12. The van der Waals surface area contributed by atoms with E-state index in [0.29, 0.717) is 17.6 Å². The van der Waals surface area contributed by atoms with Crippen molar-refractivity contribution < 1.29 is 13.9 Å². The van der Waals surface area contributed by atoms with Crippen LogP contribution in [0.3, 0.4) is 0 Å². The Labute approximate surface area is 163 Å². The monoisotopic (exact) mass is 380 g/mol. The highest BCUT2D eigenvalue weighted by molar-refractivity contribution is 5.52. The number of ether oxygens (including phenoxy) is 2. The lowest BCUT2D eigenvalue weighted by Gasteiger charge is -2.36. The summed E-state index contributed by atoms with van der Waals surface area (Å²) >= 11 is 0. The topological polar surface area (TPSA) is 50.7 Å². The second-order valence-electron chi connectivity index (χ2n) is 6.43. The van der Waals surface area contributed by atoms with Crippen molar-refractivity contribution in [3.63, 3.8) is 0 Å². The van der Waals surface area contributed by atoms with Gasteiger partial charge in [-0.3, -0.25) is 0 Å². The number of methoxy groups -OCH3 is 1. The van der Waals surface area contributed by atoms with Crippen LogP contribution < -0.4 is 19.3 Å². The maximum absolute atomic E-state index is 13.0. The highest BCUT2D eigenvalue weighted by Gasteiger charge is 2.20. The molecule has 4 rings (SSSR count). The van der Waals surface area contributed by atoms with Crippen LogP contribution in [0.15, 0.2) is 60.8 Å². The third-order valence-electron chi connectivity index (χ3n) is 4.63. The molecule has 0 amide bonds. The van der Waals surface area contributed by atoms with Crippen molar-refractivity contribution in [1.29, 1.82) is 0 Å². The van der Waals surface area contributed by atoms with Crippen molar-refractivity contribution in [2.75, 3.05) is 43.1 Å². The Kier molecular flexibility index (Phi) is 5.23. The molecule has 1 fully saturated rings. The SMILES string of the molecule is COc1cccc(N2CCN(c3nccc(Oc4ccc(F)cc4)n3)CC2)c1. The highest BCUT2D eigenvalue weighted by Crippen LogP contribution is 2.24. The molecular weight excluding hydrogens is 359 g/mol. The quantitative estimate of drug-likeness (QED) is 0.672. The number of piperazine rings is 1. The summed E-state index contributed by atoms with van der Waals surface area (Å²) in [5.74, 6) is 2.16. The van der Waals surface area contributed by atoms with Gasteiger partial charge in [-0.05, 0) is 36.4 Å². The summed E-state index contributed by atoms with van der Waals surface area (Å²) in [4.78, 5) is 13.3. The lowest BCUT2D eigenvalue weighted by Crippen LogP contribution is -2.47. The van der Waals surface area contributed by atoms with E-state index < -0.39 is 0 Å². The van der Waals surface area contributed by atoms with Crippen LogP contribution in [0.4, 0.5) is 16.0 Å². The molecule has 0 bridgehead atoms. The lowest BCUT2D eigenvalue weighted by molar-refractivity contribution is 0.414. The summed E-state index contributed by atoms with van der Waals surface area (Å²) in [6.07, 6.45) is 1.68. The number of hydrogen-bond acceptors (Lipinski definition) is 6. The van der Waals surface area contributed by atoms with E-state index in [-0.39, 0.29) is 5.82 Å². The van der Waals surface area contributed by atoms with Crippen LogP contribution in [0.25, 0.3) is 0 Å². The molecule has 1 aliphatic rings. The van der Waals surface area contributed by atoms with Crippen LogP contribution in [0.5, 0.6) is 17.4 Å². The maximum Gasteiger partial charge on any atom is 0.228 e. The summed E-state index contributed by atoms with van der Waals surface area (Å²) in [6, 6.07) is 15.6. The number of anilines is 2. The van der Waals surface area contributed by atoms with Gasteiger partial charge in [0.25, 0.3) is 0 Å². The van der Waals surface area contributed by atoms with Crippen molar-refractivity contribution in [3.8, 4) is 17.4 Å². The Hall–Kier alpha value is -3.35. The Morgan fingerprint density at radius 3 is 2.39 bits per heavy atom. The maximum atomic E-state index is 13.0. The van der Waals surface area contributed by atoms with E-state index in [0.717, 1.165) is 37.6 Å². The molecule has 1 saturated heterocycles. The summed E-state index contributed by atoms with van der Waals surface area (Å²) in [5.41, 5.74) is 1.15. The molecule has 3 aromatic rings. The molecule has 6 nitrogen and oxygen atoms in total. The molecule has 28 heavy (non-hydrogen) atoms. The normalized spacial score (nSPS) is 14.1. The van der Waals surface area contributed by atoms with Gasteiger partial charge < -0.3 is 19.3 Å². The van der Waals surface area contributed by atoms with Gasteiger partial charge >= 0.3 is 0 Å². The number of benzene rings is 2. The van der Waals surface area contributed by atoms with Crippen molar-refractivity contribution in [1.82, 2.24) is 9.97 Å². The third kappa shape index (κ3) is 4.14. The molecule has 1 aliphatic heterocycles. The minimum absolute atomic E-state index is 0.301. The second kappa shape index (κ2) is 8.12. The van der Waals surface area contributed by atoms with Crippen molar-refractivity contribution in [2.24, 2.45) is 0 Å². The zero-order valence-electron chi connectivity index (χ0n) is 15.6. The van der Waals surface area contributed by atoms with Gasteiger partial charge in [0.05, 0.1) is 7.11 Å². The van der Waals surface area contributed by atoms with Crippen LogP contribution in [0, 0.1) is 5.82 Å². The zero-order valence-corrected chi connectivity index (χ0v) is 15.6. The number of aromatic nitrogens is 2. The van der Waals surface area contributed by atoms with Crippen LogP contribution in [-0.4, -0.2) is 43.3 Å². The van der Waals surface area contributed by atoms with Gasteiger partial charge in [-0.15, -0.1) is 0 Å². The number of rotatable bonds is 5. The Morgan fingerprint density at radius 1 is 0.893 bits per heavy atom. The minimum atomic E-state index is -0.301. The molecule has 0 saturated carbocycles. The van der Waals surface area contributed by atoms with Gasteiger partial charge in [0.1, 0.15) is 17.3 Å². The Bertz CT molecular complexity index is 928. The molecule has 0 N–H and O–H groups in total. The first-order chi connectivity index (χ1) is 13.7. The fourth-order valence-corrected chi connectivity index (χ4v) is 3.14. The van der Waals surface area contributed by atoms with Gasteiger partial charge in [0.2, 0.25) is 11.8 Å². The molecule has 0 aliphatic carbocycles. The Balaban J connectivity index is 1.41. The second-order valence-corrected chi connectivity index (χ2v) is 6.43. The molecule has 7 heteroatoms. The smallest absolute Gasteiger partial charge is 0.228 e. The van der Waals surface area contributed by atoms with E-state index in [9.17, 15) is 4.39 Å². The average Bonchev–Trinajstić information content (AvgIpc) is 2.76. The first-order valence-corrected chi connectivity index (χ1v) is 9.12. The van der Waals surface area contributed by atoms with Crippen molar-refractivity contribution in [2.45, 2.75) is 0 Å². The molecule has 0 radical (unpaired) electrons. The van der Waals surface area contributed by atoms with E-state index in [1.807, 2.05) is 18.2 Å². The number of hydrogen-bond donors (Lipinski definition) is 0. The van der Waals surface area contributed by atoms with Gasteiger partial charge in [-0.2, -0.15) is 4.98 Å². The minimum Gasteiger partial charge on any atom is -0.497 e. The van der Waals surface area contributed by atoms with Crippen LogP contribution in [0.2, 0.25) is 0 Å². The molecule has 0 spiro atoms. The first kappa shape index (κ1) is 18.0. The molecular formula is C21H21FN4O2. The van der Waals surface area contributed by atoms with Crippen LogP contribution >= 0.6 is 0 Å². The lowest BCUT2D eigenvalue weighted by atomic mass is 10.2. The van der Waals surface area contributed by atoms with E-state index in [1.165, 1.54) is 12.1 Å². The molecule has 2 aromatic carbocycles. The predicted octanol–water partition coefficient (Wildman–Crippen LogP) is 3.74. The zero-order chi connectivity index (χ0) is 19.3. The van der Waals surface area contributed by atoms with Gasteiger partial charge in [0, 0.05) is 50.2 Å². The van der Waals surface area contributed by atoms with E-state index in [1.54, 1.807) is 31.5 Å². The standard InChI is InChI=1S/C21H21FN4O2/c1-27-19-4-2-3-17(15-19)25-11-13-26(14-12-25)21-23-10-9-20(24-21)28-18-7-5-16(22)6-8-18/h2-10,15H,11-14H2,1H3. The van der Waals surface area contributed by atoms with E-state index in [4.69, 9.17) is 9.47 Å². The average molecular weight is 380 g/mol. The summed E-state index contributed by atoms with van der Waals surface area (Å²) in [7, 11) is 1.68. The molecule has 2 heterocycles. The summed E-state index contributed by atoms with van der Waals surface area (Å²) in [5, 5.41) is 0. The highest BCUT2D eigenvalue weighted by atomic mass is 19.1. The van der Waals surface area contributed by atoms with Crippen molar-refractivity contribution in [3.05, 3.63) is 66.6 Å². The van der Waals surface area contributed by atoms with E-state index >= 15 is 0 Å². The third-order valence-corrected chi connectivity index (χ3v) is 4.63. The number of nitrogens with zero attached hydrogens (tertiary/aromatic N) is 4. The molecule has 144 valence electrons. The summed E-state index contributed by atoms with van der Waals surface area (Å²) in [6.45, 7) is 3.33. The van der Waals surface area contributed by atoms with Crippen molar-refractivity contribution >= 4 is 11.6 Å². The van der Waals surface area contributed by atoms with Crippen LogP contribution in [-0.2, 0) is 0 Å². The van der Waals surface area contributed by atoms with Gasteiger partial charge in [0.15, 0.2) is 0 Å².